The Kier molecular flexibility index (Phi) is 3.88. The highest BCUT2D eigenvalue weighted by Crippen LogP contribution is 2.27. The average Bonchev–Trinajstić information content (AvgIpc) is 2.39. The van der Waals surface area contributed by atoms with E-state index in [9.17, 15) is 0 Å². The zero-order valence-electron chi connectivity index (χ0n) is 11.8. The number of aryl methyl sites for hydroxylation is 1. The number of nitrogens with one attached hydrogen (secondary N) is 1. The van der Waals surface area contributed by atoms with Gasteiger partial charge in [-0.05, 0) is 51.8 Å². The molecule has 0 saturated carbocycles. The van der Waals surface area contributed by atoms with Crippen molar-refractivity contribution in [2.24, 2.45) is 0 Å². The second kappa shape index (κ2) is 5.10. The van der Waals surface area contributed by atoms with Crippen LogP contribution in [-0.4, -0.2) is 24.7 Å². The molecule has 0 aliphatic carbocycles. The quantitative estimate of drug-likeness (QED) is 0.835. The second-order valence-corrected chi connectivity index (χ2v) is 6.51. The van der Waals surface area contributed by atoms with Gasteiger partial charge in [-0.1, -0.05) is 17.7 Å². The van der Waals surface area contributed by atoms with Crippen molar-refractivity contribution in [1.82, 2.24) is 5.32 Å². The largest absolute Gasteiger partial charge is 0.369 e. The van der Waals surface area contributed by atoms with Crippen molar-refractivity contribution in [3.05, 3.63) is 28.8 Å². The van der Waals surface area contributed by atoms with Crippen molar-refractivity contribution >= 4 is 17.3 Å². The lowest BCUT2D eigenvalue weighted by molar-refractivity contribution is 0.368. The SMILES string of the molecule is Cc1ccc(Cl)cc1N1CCC(C)NC(C)(C)C1. The van der Waals surface area contributed by atoms with Gasteiger partial charge in [0.15, 0.2) is 0 Å². The van der Waals surface area contributed by atoms with Gasteiger partial charge in [0.25, 0.3) is 0 Å². The number of halogens is 1. The van der Waals surface area contributed by atoms with Gasteiger partial charge < -0.3 is 10.2 Å². The van der Waals surface area contributed by atoms with E-state index in [2.05, 4.69) is 50.0 Å². The van der Waals surface area contributed by atoms with Gasteiger partial charge in [-0.15, -0.1) is 0 Å². The highest BCUT2D eigenvalue weighted by atomic mass is 35.5. The Labute approximate surface area is 115 Å². The Morgan fingerprint density at radius 1 is 1.39 bits per heavy atom. The monoisotopic (exact) mass is 266 g/mol. The molecule has 1 unspecified atom stereocenters. The maximum absolute atomic E-state index is 6.13. The summed E-state index contributed by atoms with van der Waals surface area (Å²) in [5, 5.41) is 4.50. The smallest absolute Gasteiger partial charge is 0.0426 e. The molecule has 3 heteroatoms. The van der Waals surface area contributed by atoms with Crippen molar-refractivity contribution in [2.75, 3.05) is 18.0 Å². The van der Waals surface area contributed by atoms with E-state index in [1.54, 1.807) is 0 Å². The Hall–Kier alpha value is -0.730. The molecular weight excluding hydrogens is 244 g/mol. The van der Waals surface area contributed by atoms with E-state index >= 15 is 0 Å². The van der Waals surface area contributed by atoms with Gasteiger partial charge in [0.2, 0.25) is 0 Å². The summed E-state index contributed by atoms with van der Waals surface area (Å²) in [5.74, 6) is 0. The first-order valence-electron chi connectivity index (χ1n) is 6.66. The van der Waals surface area contributed by atoms with E-state index in [1.165, 1.54) is 11.3 Å². The van der Waals surface area contributed by atoms with E-state index < -0.39 is 0 Å². The normalized spacial score (nSPS) is 23.8. The fourth-order valence-electron chi connectivity index (χ4n) is 2.82. The Bertz CT molecular complexity index is 429. The maximum Gasteiger partial charge on any atom is 0.0426 e. The van der Waals surface area contributed by atoms with Gasteiger partial charge in [0.1, 0.15) is 0 Å². The zero-order chi connectivity index (χ0) is 13.3. The molecule has 0 aromatic heterocycles. The van der Waals surface area contributed by atoms with Crippen LogP contribution in [0.1, 0.15) is 32.8 Å². The minimum atomic E-state index is 0.130. The highest BCUT2D eigenvalue weighted by molar-refractivity contribution is 6.30. The van der Waals surface area contributed by atoms with E-state index in [0.717, 1.165) is 24.5 Å². The molecule has 1 aromatic rings. The van der Waals surface area contributed by atoms with E-state index in [1.807, 2.05) is 6.07 Å². The van der Waals surface area contributed by atoms with Crippen LogP contribution in [0.5, 0.6) is 0 Å². The second-order valence-electron chi connectivity index (χ2n) is 6.07. The van der Waals surface area contributed by atoms with Crippen LogP contribution in [-0.2, 0) is 0 Å². The van der Waals surface area contributed by atoms with Crippen LogP contribution in [0.15, 0.2) is 18.2 Å². The first kappa shape index (κ1) is 13.7. The molecule has 0 bridgehead atoms. The van der Waals surface area contributed by atoms with Gasteiger partial charge in [0, 0.05) is 35.4 Å². The first-order valence-corrected chi connectivity index (χ1v) is 7.04. The Balaban J connectivity index is 2.29. The number of benzene rings is 1. The number of hydrogen-bond acceptors (Lipinski definition) is 2. The topological polar surface area (TPSA) is 15.3 Å². The van der Waals surface area contributed by atoms with Crippen LogP contribution < -0.4 is 10.2 Å². The Morgan fingerprint density at radius 3 is 2.83 bits per heavy atom. The molecule has 1 saturated heterocycles. The number of nitrogens with zero attached hydrogens (tertiary/aromatic N) is 1. The van der Waals surface area contributed by atoms with Gasteiger partial charge in [-0.25, -0.2) is 0 Å². The lowest BCUT2D eigenvalue weighted by atomic mass is 10.0. The third-order valence-corrected chi connectivity index (χ3v) is 3.80. The van der Waals surface area contributed by atoms with Gasteiger partial charge in [-0.3, -0.25) is 0 Å². The summed E-state index contributed by atoms with van der Waals surface area (Å²) < 4.78 is 0. The van der Waals surface area contributed by atoms with E-state index in [4.69, 9.17) is 11.6 Å². The maximum atomic E-state index is 6.13. The molecule has 1 aromatic carbocycles. The van der Waals surface area contributed by atoms with Gasteiger partial charge in [0.05, 0.1) is 0 Å². The molecule has 18 heavy (non-hydrogen) atoms. The standard InChI is InChI=1S/C15H23ClN2/c1-11-5-6-13(16)9-14(11)18-8-7-12(2)17-15(3,4)10-18/h5-6,9,12,17H,7-8,10H2,1-4H3. The third kappa shape index (κ3) is 3.18. The van der Waals surface area contributed by atoms with Crippen LogP contribution in [0.25, 0.3) is 0 Å². The molecule has 100 valence electrons. The molecule has 0 spiro atoms. The number of rotatable bonds is 1. The molecule has 1 heterocycles. The summed E-state index contributed by atoms with van der Waals surface area (Å²) in [5.41, 5.74) is 2.70. The van der Waals surface area contributed by atoms with Crippen molar-refractivity contribution in [1.29, 1.82) is 0 Å². The van der Waals surface area contributed by atoms with E-state index in [0.29, 0.717) is 6.04 Å². The average molecular weight is 267 g/mol. The summed E-state index contributed by atoms with van der Waals surface area (Å²) in [6, 6.07) is 6.71. The minimum absolute atomic E-state index is 0.130. The van der Waals surface area contributed by atoms with Crippen molar-refractivity contribution < 1.29 is 0 Å². The van der Waals surface area contributed by atoms with Crippen molar-refractivity contribution in [3.8, 4) is 0 Å². The van der Waals surface area contributed by atoms with Crippen LogP contribution >= 0.6 is 11.6 Å². The Morgan fingerprint density at radius 2 is 2.11 bits per heavy atom. The lowest BCUT2D eigenvalue weighted by Crippen LogP contribution is -2.48. The lowest BCUT2D eigenvalue weighted by Gasteiger charge is -2.33. The van der Waals surface area contributed by atoms with Crippen molar-refractivity contribution in [3.63, 3.8) is 0 Å². The molecule has 1 aliphatic heterocycles. The molecule has 1 fully saturated rings. The summed E-state index contributed by atoms with van der Waals surface area (Å²) in [6.07, 6.45) is 1.16. The van der Waals surface area contributed by atoms with Gasteiger partial charge in [-0.2, -0.15) is 0 Å². The first-order chi connectivity index (χ1) is 8.37. The minimum Gasteiger partial charge on any atom is -0.369 e. The number of hydrogen-bond donors (Lipinski definition) is 1. The fraction of sp³-hybridized carbons (Fsp3) is 0.600. The molecule has 2 rings (SSSR count). The zero-order valence-corrected chi connectivity index (χ0v) is 12.5. The van der Waals surface area contributed by atoms with Crippen LogP contribution in [0.2, 0.25) is 5.02 Å². The summed E-state index contributed by atoms with van der Waals surface area (Å²) in [4.78, 5) is 2.46. The van der Waals surface area contributed by atoms with Crippen LogP contribution in [0.4, 0.5) is 5.69 Å². The fourth-order valence-corrected chi connectivity index (χ4v) is 2.99. The highest BCUT2D eigenvalue weighted by Gasteiger charge is 2.27. The van der Waals surface area contributed by atoms with Crippen LogP contribution in [0, 0.1) is 6.92 Å². The third-order valence-electron chi connectivity index (χ3n) is 3.57. The van der Waals surface area contributed by atoms with E-state index in [-0.39, 0.29) is 5.54 Å². The van der Waals surface area contributed by atoms with Gasteiger partial charge >= 0.3 is 0 Å². The predicted octanol–water partition coefficient (Wildman–Crippen LogP) is 3.62. The molecule has 2 nitrogen and oxygen atoms in total. The molecule has 0 radical (unpaired) electrons. The summed E-state index contributed by atoms with van der Waals surface area (Å²) >= 11 is 6.13. The molecule has 0 amide bonds. The molecular formula is C15H23ClN2. The summed E-state index contributed by atoms with van der Waals surface area (Å²) in [7, 11) is 0. The van der Waals surface area contributed by atoms with Crippen LogP contribution in [0.3, 0.4) is 0 Å². The molecule has 1 N–H and O–H groups in total. The molecule has 1 atom stereocenters. The number of anilines is 1. The predicted molar refractivity (Wildman–Crippen MR) is 79.7 cm³/mol. The van der Waals surface area contributed by atoms with Crippen molar-refractivity contribution in [2.45, 2.75) is 45.7 Å². The summed E-state index contributed by atoms with van der Waals surface area (Å²) in [6.45, 7) is 11.0. The molecule has 1 aliphatic rings.